The molecular formula is C18H25NS. The van der Waals surface area contributed by atoms with Gasteiger partial charge in [0, 0.05) is 4.88 Å². The molecule has 0 aliphatic heterocycles. The lowest BCUT2D eigenvalue weighted by molar-refractivity contribution is 0.450. The molecular weight excluding hydrogens is 262 g/mol. The molecule has 20 heavy (non-hydrogen) atoms. The van der Waals surface area contributed by atoms with Gasteiger partial charge in [-0.2, -0.15) is 0 Å². The number of nitrogens with one attached hydrogen (secondary N) is 1. The van der Waals surface area contributed by atoms with E-state index in [0.717, 1.165) is 19.0 Å². The zero-order valence-corrected chi connectivity index (χ0v) is 13.4. The highest BCUT2D eigenvalue weighted by Crippen LogP contribution is 2.19. The van der Waals surface area contributed by atoms with Gasteiger partial charge >= 0.3 is 0 Å². The summed E-state index contributed by atoms with van der Waals surface area (Å²) in [5, 5.41) is 5.70. The summed E-state index contributed by atoms with van der Waals surface area (Å²) in [7, 11) is 0. The highest BCUT2D eigenvalue weighted by atomic mass is 32.1. The first-order valence-corrected chi connectivity index (χ1v) is 8.45. The van der Waals surface area contributed by atoms with Crippen molar-refractivity contribution in [3.05, 3.63) is 57.8 Å². The Bertz CT molecular complexity index is 490. The van der Waals surface area contributed by atoms with Crippen molar-refractivity contribution in [2.24, 2.45) is 5.92 Å². The zero-order chi connectivity index (χ0) is 14.2. The molecule has 0 saturated heterocycles. The van der Waals surface area contributed by atoms with Crippen molar-refractivity contribution >= 4 is 11.3 Å². The third-order valence-electron chi connectivity index (χ3n) is 3.83. The second kappa shape index (κ2) is 8.23. The van der Waals surface area contributed by atoms with Crippen molar-refractivity contribution in [1.29, 1.82) is 0 Å². The number of hydrogen-bond acceptors (Lipinski definition) is 2. The maximum Gasteiger partial charge on any atom is 0.00453 e. The normalized spacial score (nSPS) is 12.5. The van der Waals surface area contributed by atoms with Crippen LogP contribution in [0.1, 0.15) is 29.3 Å². The van der Waals surface area contributed by atoms with Gasteiger partial charge in [-0.25, -0.2) is 0 Å². The Morgan fingerprint density at radius 3 is 2.70 bits per heavy atom. The molecule has 1 N–H and O–H groups in total. The summed E-state index contributed by atoms with van der Waals surface area (Å²) in [4.78, 5) is 1.51. The number of thiophene rings is 1. The first-order valence-electron chi connectivity index (χ1n) is 7.57. The van der Waals surface area contributed by atoms with Gasteiger partial charge < -0.3 is 5.32 Å². The van der Waals surface area contributed by atoms with E-state index in [2.05, 4.69) is 60.9 Å². The van der Waals surface area contributed by atoms with E-state index in [-0.39, 0.29) is 0 Å². The molecule has 1 atom stereocenters. The molecule has 0 saturated carbocycles. The van der Waals surface area contributed by atoms with Crippen LogP contribution in [-0.2, 0) is 12.8 Å². The molecule has 0 aliphatic rings. The van der Waals surface area contributed by atoms with Gasteiger partial charge in [0.25, 0.3) is 0 Å². The Balaban J connectivity index is 1.94. The van der Waals surface area contributed by atoms with Crippen LogP contribution in [0.25, 0.3) is 0 Å². The molecule has 0 amide bonds. The standard InChI is InChI=1S/C18H25NS/c1-3-19-14-16(10-11-18-9-6-12-20-18)13-17-8-5-4-7-15(17)2/h4-9,12,16,19H,3,10-11,13-14H2,1-2H3. The smallest absolute Gasteiger partial charge is 0.00453 e. The van der Waals surface area contributed by atoms with E-state index < -0.39 is 0 Å². The summed E-state index contributed by atoms with van der Waals surface area (Å²) in [5.41, 5.74) is 2.92. The lowest BCUT2D eigenvalue weighted by Gasteiger charge is -2.18. The second-order valence-corrected chi connectivity index (χ2v) is 6.45. The fourth-order valence-corrected chi connectivity index (χ4v) is 3.30. The molecule has 2 rings (SSSR count). The summed E-state index contributed by atoms with van der Waals surface area (Å²) in [6.07, 6.45) is 3.66. The molecule has 1 aromatic heterocycles. The third-order valence-corrected chi connectivity index (χ3v) is 4.77. The average Bonchev–Trinajstić information content (AvgIpc) is 2.97. The van der Waals surface area contributed by atoms with Crippen LogP contribution in [0.5, 0.6) is 0 Å². The molecule has 0 radical (unpaired) electrons. The van der Waals surface area contributed by atoms with Crippen LogP contribution in [0.2, 0.25) is 0 Å². The molecule has 0 spiro atoms. The van der Waals surface area contributed by atoms with E-state index in [0.29, 0.717) is 0 Å². The van der Waals surface area contributed by atoms with Crippen molar-refractivity contribution in [2.45, 2.75) is 33.1 Å². The third kappa shape index (κ3) is 4.77. The van der Waals surface area contributed by atoms with Gasteiger partial charge in [0.15, 0.2) is 0 Å². The zero-order valence-electron chi connectivity index (χ0n) is 12.6. The minimum atomic E-state index is 0.721. The SMILES string of the molecule is CCNCC(CCc1cccs1)Cc1ccccc1C. The minimum absolute atomic E-state index is 0.721. The first kappa shape index (κ1) is 15.3. The second-order valence-electron chi connectivity index (χ2n) is 5.42. The van der Waals surface area contributed by atoms with Crippen LogP contribution in [-0.4, -0.2) is 13.1 Å². The minimum Gasteiger partial charge on any atom is -0.317 e. The van der Waals surface area contributed by atoms with Crippen molar-refractivity contribution in [1.82, 2.24) is 5.32 Å². The monoisotopic (exact) mass is 287 g/mol. The molecule has 1 aromatic carbocycles. The van der Waals surface area contributed by atoms with Gasteiger partial charge in [0.1, 0.15) is 0 Å². The molecule has 2 heteroatoms. The van der Waals surface area contributed by atoms with Gasteiger partial charge in [0.05, 0.1) is 0 Å². The van der Waals surface area contributed by atoms with Crippen molar-refractivity contribution in [3.63, 3.8) is 0 Å². The van der Waals surface area contributed by atoms with Crippen LogP contribution < -0.4 is 5.32 Å². The van der Waals surface area contributed by atoms with Crippen LogP contribution in [0.15, 0.2) is 41.8 Å². The quantitative estimate of drug-likeness (QED) is 0.756. The van der Waals surface area contributed by atoms with Crippen molar-refractivity contribution < 1.29 is 0 Å². The summed E-state index contributed by atoms with van der Waals surface area (Å²) in [6.45, 7) is 6.59. The molecule has 0 fully saturated rings. The van der Waals surface area contributed by atoms with Crippen molar-refractivity contribution in [3.8, 4) is 0 Å². The van der Waals surface area contributed by atoms with Crippen molar-refractivity contribution in [2.75, 3.05) is 13.1 Å². The summed E-state index contributed by atoms with van der Waals surface area (Å²) in [6, 6.07) is 13.2. The maximum atomic E-state index is 3.52. The first-order chi connectivity index (χ1) is 9.79. The van der Waals surface area contributed by atoms with Gasteiger partial charge in [-0.3, -0.25) is 0 Å². The lowest BCUT2D eigenvalue weighted by atomic mass is 9.92. The van der Waals surface area contributed by atoms with E-state index >= 15 is 0 Å². The van der Waals surface area contributed by atoms with E-state index in [1.807, 2.05) is 11.3 Å². The predicted molar refractivity (Wildman–Crippen MR) is 89.6 cm³/mol. The lowest BCUT2D eigenvalue weighted by Crippen LogP contribution is -2.24. The molecule has 0 bridgehead atoms. The average molecular weight is 287 g/mol. The Hall–Kier alpha value is -1.12. The number of aryl methyl sites for hydroxylation is 2. The molecule has 1 unspecified atom stereocenters. The maximum absolute atomic E-state index is 3.52. The largest absolute Gasteiger partial charge is 0.317 e. The number of benzene rings is 1. The van der Waals surface area contributed by atoms with Gasteiger partial charge in [0.2, 0.25) is 0 Å². The number of rotatable bonds is 8. The number of hydrogen-bond donors (Lipinski definition) is 1. The highest BCUT2D eigenvalue weighted by Gasteiger charge is 2.11. The van der Waals surface area contributed by atoms with Crippen LogP contribution in [0.4, 0.5) is 0 Å². The van der Waals surface area contributed by atoms with Crippen LogP contribution >= 0.6 is 11.3 Å². The summed E-state index contributed by atoms with van der Waals surface area (Å²) < 4.78 is 0. The Morgan fingerprint density at radius 2 is 2.00 bits per heavy atom. The molecule has 108 valence electrons. The van der Waals surface area contributed by atoms with Crippen LogP contribution in [0.3, 0.4) is 0 Å². The highest BCUT2D eigenvalue weighted by molar-refractivity contribution is 7.09. The Kier molecular flexibility index (Phi) is 6.28. The summed E-state index contributed by atoms with van der Waals surface area (Å²) in [5.74, 6) is 0.721. The van der Waals surface area contributed by atoms with E-state index in [9.17, 15) is 0 Å². The van der Waals surface area contributed by atoms with E-state index in [1.165, 1.54) is 35.3 Å². The van der Waals surface area contributed by atoms with Gasteiger partial charge in [-0.15, -0.1) is 11.3 Å². The molecule has 0 aliphatic carbocycles. The van der Waals surface area contributed by atoms with E-state index in [4.69, 9.17) is 0 Å². The van der Waals surface area contributed by atoms with Crippen LogP contribution in [0, 0.1) is 12.8 Å². The topological polar surface area (TPSA) is 12.0 Å². The molecule has 1 heterocycles. The van der Waals surface area contributed by atoms with E-state index in [1.54, 1.807) is 0 Å². The fraction of sp³-hybridized carbons (Fsp3) is 0.444. The Labute approximate surface area is 127 Å². The van der Waals surface area contributed by atoms with Gasteiger partial charge in [-0.1, -0.05) is 37.3 Å². The summed E-state index contributed by atoms with van der Waals surface area (Å²) >= 11 is 1.88. The molecule has 1 nitrogen and oxygen atoms in total. The fourth-order valence-electron chi connectivity index (χ4n) is 2.58. The predicted octanol–water partition coefficient (Wildman–Crippen LogP) is 4.46. The molecule has 2 aromatic rings. The van der Waals surface area contributed by atoms with Gasteiger partial charge in [-0.05, 0) is 67.8 Å². The Morgan fingerprint density at radius 1 is 1.15 bits per heavy atom.